The van der Waals surface area contributed by atoms with E-state index >= 15 is 0 Å². The molecule has 2 aromatic rings. The van der Waals surface area contributed by atoms with Crippen molar-refractivity contribution in [2.75, 3.05) is 0 Å². The van der Waals surface area contributed by atoms with Crippen molar-refractivity contribution in [2.45, 2.75) is 46.7 Å². The molecule has 0 saturated heterocycles. The largest absolute Gasteiger partial charge is 0.459 e. The van der Waals surface area contributed by atoms with Crippen LogP contribution in [0.25, 0.3) is 11.0 Å². The van der Waals surface area contributed by atoms with Gasteiger partial charge in [-0.3, -0.25) is 0 Å². The first-order chi connectivity index (χ1) is 8.97. The molecule has 0 fully saturated rings. The van der Waals surface area contributed by atoms with E-state index in [1.807, 2.05) is 0 Å². The third-order valence-electron chi connectivity index (χ3n) is 3.12. The van der Waals surface area contributed by atoms with E-state index in [0.717, 1.165) is 24.3 Å². The molecule has 1 N–H and O–H groups in total. The van der Waals surface area contributed by atoms with Crippen molar-refractivity contribution in [3.63, 3.8) is 0 Å². The number of halogens is 1. The van der Waals surface area contributed by atoms with Gasteiger partial charge < -0.3 is 9.73 Å². The lowest BCUT2D eigenvalue weighted by Gasteiger charge is -2.09. The lowest BCUT2D eigenvalue weighted by molar-refractivity contribution is 0.478. The molecule has 19 heavy (non-hydrogen) atoms. The molecular weight excluding hydrogens is 349 g/mol. The maximum absolute atomic E-state index is 6.04. The minimum absolute atomic E-state index is 0.472. The zero-order valence-electron chi connectivity index (χ0n) is 12.1. The van der Waals surface area contributed by atoms with Gasteiger partial charge in [-0.2, -0.15) is 0 Å². The second-order valence-electron chi connectivity index (χ2n) is 5.78. The van der Waals surface area contributed by atoms with Crippen molar-refractivity contribution < 1.29 is 4.42 Å². The summed E-state index contributed by atoms with van der Waals surface area (Å²) in [7, 11) is 0. The molecule has 104 valence electrons. The highest BCUT2D eigenvalue weighted by atomic mass is 127. The Labute approximate surface area is 129 Å². The molecule has 1 aromatic carbocycles. The van der Waals surface area contributed by atoms with Gasteiger partial charge in [0.25, 0.3) is 0 Å². The van der Waals surface area contributed by atoms with Crippen LogP contribution in [0.4, 0.5) is 0 Å². The second-order valence-corrected chi connectivity index (χ2v) is 7.02. The van der Waals surface area contributed by atoms with Crippen LogP contribution in [0.15, 0.2) is 22.6 Å². The number of furan rings is 1. The maximum Gasteiger partial charge on any atom is 0.134 e. The number of hydrogen-bond acceptors (Lipinski definition) is 2. The molecule has 0 unspecified atom stereocenters. The van der Waals surface area contributed by atoms with Gasteiger partial charge in [-0.1, -0.05) is 27.7 Å². The van der Waals surface area contributed by atoms with Gasteiger partial charge in [0, 0.05) is 20.6 Å². The summed E-state index contributed by atoms with van der Waals surface area (Å²) in [5.74, 6) is 1.73. The number of hydrogen-bond donors (Lipinski definition) is 1. The molecular formula is C16H22INO. The van der Waals surface area contributed by atoms with Crippen LogP contribution in [0.1, 0.15) is 39.0 Å². The minimum Gasteiger partial charge on any atom is -0.459 e. The Bertz CT molecular complexity index is 557. The van der Waals surface area contributed by atoms with Crippen LogP contribution in [0, 0.1) is 9.49 Å². The molecule has 0 saturated carbocycles. The van der Waals surface area contributed by atoms with Crippen molar-refractivity contribution in [1.82, 2.24) is 5.32 Å². The molecule has 2 nitrogen and oxygen atoms in total. The first-order valence-corrected chi connectivity index (χ1v) is 7.98. The van der Waals surface area contributed by atoms with Crippen molar-refractivity contribution in [3.05, 3.63) is 33.1 Å². The lowest BCUT2D eigenvalue weighted by atomic mass is 10.00. The zero-order chi connectivity index (χ0) is 14.0. The van der Waals surface area contributed by atoms with Gasteiger partial charge in [0.15, 0.2) is 0 Å². The zero-order valence-corrected chi connectivity index (χ0v) is 14.2. The molecule has 0 aliphatic carbocycles. The molecule has 0 spiro atoms. The molecule has 0 aliphatic rings. The summed E-state index contributed by atoms with van der Waals surface area (Å²) in [5.41, 5.74) is 2.38. The highest BCUT2D eigenvalue weighted by molar-refractivity contribution is 14.1. The molecule has 0 amide bonds. The van der Waals surface area contributed by atoms with Gasteiger partial charge in [-0.15, -0.1) is 0 Å². The molecule has 0 atom stereocenters. The van der Waals surface area contributed by atoms with Crippen LogP contribution in [-0.4, -0.2) is 6.04 Å². The number of rotatable bonds is 5. The molecule has 1 aromatic heterocycles. The SMILES string of the molecule is CC(C)Cc1c(CNC(C)C)oc2ccc(I)cc12. The van der Waals surface area contributed by atoms with Gasteiger partial charge in [-0.25, -0.2) is 0 Å². The van der Waals surface area contributed by atoms with Crippen LogP contribution in [0.3, 0.4) is 0 Å². The Hall–Kier alpha value is -0.550. The Morgan fingerprint density at radius 2 is 1.95 bits per heavy atom. The fourth-order valence-corrected chi connectivity index (χ4v) is 2.73. The summed E-state index contributed by atoms with van der Waals surface area (Å²) in [5, 5.41) is 4.73. The molecule has 2 rings (SSSR count). The summed E-state index contributed by atoms with van der Waals surface area (Å²) < 4.78 is 7.30. The molecule has 0 radical (unpaired) electrons. The monoisotopic (exact) mass is 371 g/mol. The number of fused-ring (bicyclic) bond motifs is 1. The third kappa shape index (κ3) is 3.72. The fourth-order valence-electron chi connectivity index (χ4n) is 2.24. The van der Waals surface area contributed by atoms with Crippen LogP contribution < -0.4 is 5.32 Å². The standard InChI is InChI=1S/C16H22INO/c1-10(2)7-13-14-8-12(17)5-6-15(14)19-16(13)9-18-11(3)4/h5-6,8,10-11,18H,7,9H2,1-4H3. The topological polar surface area (TPSA) is 25.2 Å². The van der Waals surface area contributed by atoms with Crippen molar-refractivity contribution >= 4 is 33.6 Å². The van der Waals surface area contributed by atoms with E-state index in [4.69, 9.17) is 4.42 Å². The van der Waals surface area contributed by atoms with E-state index in [0.29, 0.717) is 12.0 Å². The first kappa shape index (κ1) is 14.9. The molecule has 3 heteroatoms. The van der Waals surface area contributed by atoms with E-state index in [1.165, 1.54) is 14.5 Å². The third-order valence-corrected chi connectivity index (χ3v) is 3.79. The maximum atomic E-state index is 6.04. The summed E-state index contributed by atoms with van der Waals surface area (Å²) in [6.07, 6.45) is 1.07. The van der Waals surface area contributed by atoms with Gasteiger partial charge in [0.05, 0.1) is 6.54 Å². The fraction of sp³-hybridized carbons (Fsp3) is 0.500. The lowest BCUT2D eigenvalue weighted by Crippen LogP contribution is -2.22. The smallest absolute Gasteiger partial charge is 0.134 e. The molecule has 0 aliphatic heterocycles. The van der Waals surface area contributed by atoms with Crippen LogP contribution in [0.5, 0.6) is 0 Å². The van der Waals surface area contributed by atoms with Crippen LogP contribution >= 0.6 is 22.6 Å². The number of nitrogens with one attached hydrogen (secondary N) is 1. The summed E-state index contributed by atoms with van der Waals surface area (Å²) in [4.78, 5) is 0. The van der Waals surface area contributed by atoms with Crippen molar-refractivity contribution in [1.29, 1.82) is 0 Å². The van der Waals surface area contributed by atoms with E-state index in [9.17, 15) is 0 Å². The first-order valence-electron chi connectivity index (χ1n) is 6.90. The van der Waals surface area contributed by atoms with Gasteiger partial charge in [-0.05, 0) is 53.1 Å². The Balaban J connectivity index is 2.42. The summed E-state index contributed by atoms with van der Waals surface area (Å²) in [6.45, 7) is 9.64. The van der Waals surface area contributed by atoms with Crippen LogP contribution in [-0.2, 0) is 13.0 Å². The van der Waals surface area contributed by atoms with Crippen molar-refractivity contribution in [2.24, 2.45) is 5.92 Å². The van der Waals surface area contributed by atoms with Crippen molar-refractivity contribution in [3.8, 4) is 0 Å². The summed E-state index contributed by atoms with van der Waals surface area (Å²) >= 11 is 2.36. The normalized spacial score (nSPS) is 11.9. The van der Waals surface area contributed by atoms with Gasteiger partial charge >= 0.3 is 0 Å². The second kappa shape index (κ2) is 6.27. The highest BCUT2D eigenvalue weighted by Gasteiger charge is 2.15. The van der Waals surface area contributed by atoms with Gasteiger partial charge in [0.1, 0.15) is 11.3 Å². The predicted octanol–water partition coefficient (Wildman–Crippen LogP) is 4.73. The number of benzene rings is 1. The average Bonchev–Trinajstić information content (AvgIpc) is 2.64. The average molecular weight is 371 g/mol. The molecule has 0 bridgehead atoms. The van der Waals surface area contributed by atoms with E-state index in [1.54, 1.807) is 0 Å². The Morgan fingerprint density at radius 1 is 1.21 bits per heavy atom. The van der Waals surface area contributed by atoms with E-state index in [-0.39, 0.29) is 0 Å². The van der Waals surface area contributed by atoms with Gasteiger partial charge in [0.2, 0.25) is 0 Å². The quantitative estimate of drug-likeness (QED) is 0.769. The van der Waals surface area contributed by atoms with Crippen LogP contribution in [0.2, 0.25) is 0 Å². The van der Waals surface area contributed by atoms with E-state index < -0.39 is 0 Å². The Morgan fingerprint density at radius 3 is 2.58 bits per heavy atom. The molecule has 1 heterocycles. The highest BCUT2D eigenvalue weighted by Crippen LogP contribution is 2.29. The van der Waals surface area contributed by atoms with E-state index in [2.05, 4.69) is 73.8 Å². The predicted molar refractivity (Wildman–Crippen MR) is 89.4 cm³/mol. The Kier molecular flexibility index (Phi) is 4.90. The minimum atomic E-state index is 0.472. The summed E-state index contributed by atoms with van der Waals surface area (Å²) in [6, 6.07) is 6.89.